The highest BCUT2D eigenvalue weighted by Gasteiger charge is 2.11. The van der Waals surface area contributed by atoms with E-state index in [9.17, 15) is 4.79 Å². The van der Waals surface area contributed by atoms with Crippen molar-refractivity contribution >= 4 is 28.5 Å². The van der Waals surface area contributed by atoms with Crippen molar-refractivity contribution in [3.8, 4) is 22.8 Å². The van der Waals surface area contributed by atoms with Crippen LogP contribution in [0.4, 0.5) is 5.13 Å². The average Bonchev–Trinajstić information content (AvgIpc) is 3.06. The van der Waals surface area contributed by atoms with Crippen molar-refractivity contribution in [3.05, 3.63) is 64.5 Å². The van der Waals surface area contributed by atoms with Crippen LogP contribution in [-0.2, 0) is 4.79 Å². The second-order valence-corrected chi connectivity index (χ2v) is 7.42. The van der Waals surface area contributed by atoms with E-state index >= 15 is 0 Å². The molecule has 0 radical (unpaired) electrons. The van der Waals surface area contributed by atoms with Gasteiger partial charge in [-0.15, -0.1) is 11.3 Å². The van der Waals surface area contributed by atoms with Crippen LogP contribution in [0.15, 0.2) is 48.5 Å². The Hall–Kier alpha value is -3.12. The van der Waals surface area contributed by atoms with Crippen LogP contribution >= 0.6 is 11.3 Å². The predicted molar refractivity (Wildman–Crippen MR) is 114 cm³/mol. The van der Waals surface area contributed by atoms with E-state index in [2.05, 4.69) is 10.3 Å². The molecule has 0 spiro atoms. The van der Waals surface area contributed by atoms with E-state index in [0.717, 1.165) is 38.8 Å². The molecule has 144 valence electrons. The fourth-order valence-corrected chi connectivity index (χ4v) is 3.60. The Morgan fingerprint density at radius 1 is 1.07 bits per heavy atom. The summed E-state index contributed by atoms with van der Waals surface area (Å²) in [5.41, 5.74) is 3.79. The number of anilines is 1. The van der Waals surface area contributed by atoms with Crippen molar-refractivity contribution in [2.75, 3.05) is 19.5 Å². The van der Waals surface area contributed by atoms with Crippen molar-refractivity contribution < 1.29 is 14.3 Å². The van der Waals surface area contributed by atoms with E-state index in [-0.39, 0.29) is 5.91 Å². The first kappa shape index (κ1) is 19.6. The number of aromatic nitrogens is 1. The number of nitrogens with zero attached hydrogens (tertiary/aromatic N) is 1. The number of hydrogen-bond donors (Lipinski definition) is 1. The summed E-state index contributed by atoms with van der Waals surface area (Å²) in [7, 11) is 3.25. The summed E-state index contributed by atoms with van der Waals surface area (Å²) >= 11 is 1.45. The number of ether oxygens (including phenoxy) is 2. The molecule has 1 amide bonds. The van der Waals surface area contributed by atoms with Gasteiger partial charge in [-0.1, -0.05) is 11.6 Å². The molecule has 5 nitrogen and oxygen atoms in total. The van der Waals surface area contributed by atoms with E-state index in [1.807, 2.05) is 56.3 Å². The minimum absolute atomic E-state index is 0.237. The average molecular weight is 394 g/mol. The highest BCUT2D eigenvalue weighted by molar-refractivity contribution is 7.16. The van der Waals surface area contributed by atoms with Gasteiger partial charge in [0, 0.05) is 22.1 Å². The molecule has 0 fully saturated rings. The number of nitrogens with one attached hydrogen (secondary N) is 1. The quantitative estimate of drug-likeness (QED) is 0.591. The van der Waals surface area contributed by atoms with Gasteiger partial charge in [-0.2, -0.15) is 0 Å². The molecular weight excluding hydrogens is 372 g/mol. The number of benzene rings is 2. The SMILES string of the molecule is COc1ccc(-c2nc(NC(=O)/C=C/c3cc(C)ccc3OC)sc2C)cc1. The minimum Gasteiger partial charge on any atom is -0.497 e. The Balaban J connectivity index is 1.73. The minimum atomic E-state index is -0.237. The number of hydrogen-bond acceptors (Lipinski definition) is 5. The maximum absolute atomic E-state index is 12.3. The van der Waals surface area contributed by atoms with Gasteiger partial charge in [-0.3, -0.25) is 10.1 Å². The monoisotopic (exact) mass is 394 g/mol. The Morgan fingerprint density at radius 3 is 2.50 bits per heavy atom. The molecule has 0 atom stereocenters. The summed E-state index contributed by atoms with van der Waals surface area (Å²) in [6.07, 6.45) is 3.23. The maximum Gasteiger partial charge on any atom is 0.250 e. The molecular formula is C22H22N2O3S. The zero-order chi connectivity index (χ0) is 20.1. The first-order valence-electron chi connectivity index (χ1n) is 8.75. The first-order valence-corrected chi connectivity index (χ1v) is 9.57. The molecule has 0 aliphatic carbocycles. The van der Waals surface area contributed by atoms with Crippen LogP contribution in [0, 0.1) is 13.8 Å². The Kier molecular flexibility index (Phi) is 6.11. The van der Waals surface area contributed by atoms with Gasteiger partial charge in [0.1, 0.15) is 11.5 Å². The lowest BCUT2D eigenvalue weighted by Crippen LogP contribution is -2.07. The molecule has 0 bridgehead atoms. The molecule has 3 rings (SSSR count). The molecule has 1 aromatic heterocycles. The molecule has 1 heterocycles. The fraction of sp³-hybridized carbons (Fsp3) is 0.182. The van der Waals surface area contributed by atoms with Gasteiger partial charge in [0.25, 0.3) is 0 Å². The number of amides is 1. The number of thiazole rings is 1. The summed E-state index contributed by atoms with van der Waals surface area (Å²) in [5.74, 6) is 1.28. The van der Waals surface area contributed by atoms with Crippen molar-refractivity contribution in [1.82, 2.24) is 4.98 Å². The lowest BCUT2D eigenvalue weighted by atomic mass is 10.1. The highest BCUT2D eigenvalue weighted by atomic mass is 32.1. The zero-order valence-electron chi connectivity index (χ0n) is 16.3. The first-order chi connectivity index (χ1) is 13.5. The summed E-state index contributed by atoms with van der Waals surface area (Å²) in [5, 5.41) is 3.40. The van der Waals surface area contributed by atoms with Crippen molar-refractivity contribution in [3.63, 3.8) is 0 Å². The van der Waals surface area contributed by atoms with Gasteiger partial charge >= 0.3 is 0 Å². The van der Waals surface area contributed by atoms with Crippen LogP contribution in [0.1, 0.15) is 16.0 Å². The van der Waals surface area contributed by atoms with Gasteiger partial charge in [0.2, 0.25) is 5.91 Å². The molecule has 28 heavy (non-hydrogen) atoms. The van der Waals surface area contributed by atoms with Gasteiger partial charge in [-0.25, -0.2) is 4.98 Å². The molecule has 0 aliphatic heterocycles. The predicted octanol–water partition coefficient (Wildman–Crippen LogP) is 5.10. The zero-order valence-corrected chi connectivity index (χ0v) is 17.1. The second-order valence-electron chi connectivity index (χ2n) is 6.22. The van der Waals surface area contributed by atoms with Gasteiger partial charge in [0.05, 0.1) is 19.9 Å². The summed E-state index contributed by atoms with van der Waals surface area (Å²) in [6, 6.07) is 13.5. The largest absolute Gasteiger partial charge is 0.497 e. The van der Waals surface area contributed by atoms with Crippen LogP contribution in [-0.4, -0.2) is 25.1 Å². The topological polar surface area (TPSA) is 60.5 Å². The molecule has 0 aliphatic rings. The lowest BCUT2D eigenvalue weighted by Gasteiger charge is -2.05. The lowest BCUT2D eigenvalue weighted by molar-refractivity contribution is -0.111. The number of carbonyl (C=O) groups is 1. The maximum atomic E-state index is 12.3. The molecule has 1 N–H and O–H groups in total. The summed E-state index contributed by atoms with van der Waals surface area (Å²) < 4.78 is 10.5. The summed E-state index contributed by atoms with van der Waals surface area (Å²) in [6.45, 7) is 3.98. The number of methoxy groups -OCH3 is 2. The van der Waals surface area contributed by atoms with Crippen molar-refractivity contribution in [2.24, 2.45) is 0 Å². The molecule has 3 aromatic rings. The molecule has 0 saturated heterocycles. The highest BCUT2D eigenvalue weighted by Crippen LogP contribution is 2.31. The standard InChI is InChI=1S/C22H22N2O3S/c1-14-5-11-19(27-4)17(13-14)8-12-20(25)23-22-24-21(15(2)28-22)16-6-9-18(26-3)10-7-16/h5-13H,1-4H3,(H,23,24,25)/b12-8+. The van der Waals surface area contributed by atoms with E-state index in [0.29, 0.717) is 5.13 Å². The molecule has 0 saturated carbocycles. The third kappa shape index (κ3) is 4.58. The summed E-state index contributed by atoms with van der Waals surface area (Å²) in [4.78, 5) is 17.9. The Bertz CT molecular complexity index is 1010. The fourth-order valence-electron chi connectivity index (χ4n) is 2.76. The Morgan fingerprint density at radius 2 is 1.82 bits per heavy atom. The van der Waals surface area contributed by atoms with Crippen LogP contribution in [0.5, 0.6) is 11.5 Å². The smallest absolute Gasteiger partial charge is 0.250 e. The third-order valence-electron chi connectivity index (χ3n) is 4.19. The van der Waals surface area contributed by atoms with Gasteiger partial charge < -0.3 is 9.47 Å². The molecule has 2 aromatic carbocycles. The van der Waals surface area contributed by atoms with Gasteiger partial charge in [-0.05, 0) is 56.3 Å². The van der Waals surface area contributed by atoms with E-state index in [4.69, 9.17) is 9.47 Å². The van der Waals surface area contributed by atoms with Crippen molar-refractivity contribution in [2.45, 2.75) is 13.8 Å². The third-order valence-corrected chi connectivity index (χ3v) is 5.08. The number of carbonyl (C=O) groups excluding carboxylic acids is 1. The van der Waals surface area contributed by atoms with Crippen LogP contribution in [0.2, 0.25) is 0 Å². The molecule has 0 unspecified atom stereocenters. The number of aryl methyl sites for hydroxylation is 2. The van der Waals surface area contributed by atoms with Crippen LogP contribution in [0.3, 0.4) is 0 Å². The van der Waals surface area contributed by atoms with Crippen LogP contribution in [0.25, 0.3) is 17.3 Å². The van der Waals surface area contributed by atoms with E-state index < -0.39 is 0 Å². The number of rotatable bonds is 6. The van der Waals surface area contributed by atoms with Crippen LogP contribution < -0.4 is 14.8 Å². The Labute approximate surface area is 168 Å². The van der Waals surface area contributed by atoms with E-state index in [1.54, 1.807) is 20.3 Å². The molecule has 6 heteroatoms. The van der Waals surface area contributed by atoms with Gasteiger partial charge in [0.15, 0.2) is 5.13 Å². The van der Waals surface area contributed by atoms with E-state index in [1.165, 1.54) is 17.4 Å². The normalized spacial score (nSPS) is 10.9. The van der Waals surface area contributed by atoms with Crippen molar-refractivity contribution in [1.29, 1.82) is 0 Å². The second kappa shape index (κ2) is 8.71.